The number of alkyl halides is 1. The van der Waals surface area contributed by atoms with Gasteiger partial charge in [0.1, 0.15) is 30.3 Å². The topological polar surface area (TPSA) is 147 Å². The zero-order valence-corrected chi connectivity index (χ0v) is 18.5. The number of fused-ring (bicyclic) bond motifs is 1. The Hall–Kier alpha value is -2.31. The van der Waals surface area contributed by atoms with E-state index < -0.39 is 57.0 Å². The molecule has 1 fully saturated rings. The van der Waals surface area contributed by atoms with Gasteiger partial charge in [0.25, 0.3) is 11.8 Å². The number of phosphoric acid groups is 1. The summed E-state index contributed by atoms with van der Waals surface area (Å²) >= 11 is 0. The number of ether oxygens (including phenoxy) is 1. The lowest BCUT2D eigenvalue weighted by Crippen LogP contribution is -2.48. The minimum atomic E-state index is -4.84. The summed E-state index contributed by atoms with van der Waals surface area (Å²) in [5.41, 5.74) is 1.55. The molecule has 1 aromatic carbocycles. The summed E-state index contributed by atoms with van der Waals surface area (Å²) in [5, 5.41) is 32.5. The minimum Gasteiger partial charge on any atom is -0.403 e. The Morgan fingerprint density at radius 2 is 2.21 bits per heavy atom. The minimum absolute atomic E-state index is 0.0867. The van der Waals surface area contributed by atoms with Gasteiger partial charge >= 0.3 is 7.82 Å². The largest absolute Gasteiger partial charge is 0.530 e. The normalized spacial score (nSPS) is 37.9. The van der Waals surface area contributed by atoms with Gasteiger partial charge in [0.2, 0.25) is 0 Å². The van der Waals surface area contributed by atoms with Crippen LogP contribution in [0.3, 0.4) is 0 Å². The predicted molar refractivity (Wildman–Crippen MR) is 110 cm³/mol. The van der Waals surface area contributed by atoms with Gasteiger partial charge in [0.15, 0.2) is 6.20 Å². The number of amides is 1. The molecule has 0 aromatic heterocycles. The molecular weight excluding hydrogens is 462 g/mol. The summed E-state index contributed by atoms with van der Waals surface area (Å²) < 4.78 is 74.0. The molecule has 0 spiro atoms. The van der Waals surface area contributed by atoms with Gasteiger partial charge in [-0.3, -0.25) is 13.8 Å². The van der Waals surface area contributed by atoms with Gasteiger partial charge in [-0.15, -0.1) is 0 Å². The summed E-state index contributed by atoms with van der Waals surface area (Å²) in [7, 11) is -4.84. The Morgan fingerprint density at radius 1 is 1.48 bits per heavy atom. The van der Waals surface area contributed by atoms with E-state index in [1.54, 1.807) is 19.1 Å². The van der Waals surface area contributed by atoms with Crippen molar-refractivity contribution in [1.29, 1.82) is 0 Å². The van der Waals surface area contributed by atoms with Gasteiger partial charge in [-0.2, -0.15) is 0 Å². The number of aliphatic hydroxyl groups excluding tert-OH is 3. The zero-order valence-electron chi connectivity index (χ0n) is 20.6. The van der Waals surface area contributed by atoms with Gasteiger partial charge in [-0.1, -0.05) is 24.3 Å². The average molecular weight is 489 g/mol. The first-order valence-corrected chi connectivity index (χ1v) is 11.1. The van der Waals surface area contributed by atoms with E-state index in [9.17, 15) is 24.7 Å². The van der Waals surface area contributed by atoms with Gasteiger partial charge < -0.3 is 34.8 Å². The molecule has 1 amide bonds. The number of benzene rings is 1. The van der Waals surface area contributed by atoms with E-state index in [1.807, 2.05) is 6.92 Å². The Kier molecular flexibility index (Phi) is 5.16. The molecule has 4 N–H and O–H groups in total. The first-order valence-electron chi connectivity index (χ1n) is 11.2. The van der Waals surface area contributed by atoms with Crippen LogP contribution in [0.1, 0.15) is 20.8 Å². The monoisotopic (exact) mass is 489 g/mol. The van der Waals surface area contributed by atoms with Crippen molar-refractivity contribution in [3.63, 3.8) is 0 Å². The number of rotatable bonds is 5. The maximum absolute atomic E-state index is 16.0. The van der Waals surface area contributed by atoms with Crippen LogP contribution < -0.4 is 9.84 Å². The molecule has 33 heavy (non-hydrogen) atoms. The van der Waals surface area contributed by atoms with Gasteiger partial charge in [-0.25, -0.2) is 8.96 Å². The van der Waals surface area contributed by atoms with Crippen LogP contribution in [0, 0.1) is 13.8 Å². The lowest BCUT2D eigenvalue weighted by atomic mass is 10.1. The third kappa shape index (κ3) is 4.31. The predicted octanol–water partition coefficient (Wildman–Crippen LogP) is 0.860. The molecule has 1 unspecified atom stereocenters. The van der Waals surface area contributed by atoms with E-state index in [2.05, 4.69) is 11.9 Å². The molecule has 3 aliphatic heterocycles. The van der Waals surface area contributed by atoms with Crippen molar-refractivity contribution in [1.82, 2.24) is 10.2 Å². The highest BCUT2D eigenvalue weighted by Gasteiger charge is 2.58. The Labute approximate surface area is 192 Å². The highest BCUT2D eigenvalue weighted by molar-refractivity contribution is 7.49. The van der Waals surface area contributed by atoms with Crippen LogP contribution in [-0.2, 0) is 29.8 Å². The fourth-order valence-corrected chi connectivity index (χ4v) is 4.65. The highest BCUT2D eigenvalue weighted by atomic mass is 31.2. The molecule has 0 radical (unpaired) electrons. The summed E-state index contributed by atoms with van der Waals surface area (Å²) in [6.07, 6.45) is -7.44. The molecule has 0 saturated carbocycles. The van der Waals surface area contributed by atoms with Crippen LogP contribution in [0.4, 0.5) is 4.39 Å². The zero-order chi connectivity index (χ0) is 26.8. The fourth-order valence-electron chi connectivity index (χ4n) is 3.49. The molecule has 5 atom stereocenters. The molecule has 13 heteroatoms. The number of hydrogen-bond donors (Lipinski definition) is 4. The average Bonchev–Trinajstić information content (AvgIpc) is 2.95. The van der Waals surface area contributed by atoms with Crippen molar-refractivity contribution < 1.29 is 51.5 Å². The number of aliphatic hydroxyl groups is 3. The maximum Gasteiger partial charge on any atom is 0.530 e. The molecular formula is C20H24FN2O9P. The molecule has 11 nitrogen and oxygen atoms in total. The molecule has 180 valence electrons. The molecule has 1 saturated heterocycles. The molecule has 3 aliphatic rings. The molecule has 1 aromatic rings. The highest BCUT2D eigenvalue weighted by Crippen LogP contribution is 2.56. The molecule has 0 bridgehead atoms. The van der Waals surface area contributed by atoms with Crippen LogP contribution in [0.25, 0.3) is 0 Å². The third-order valence-electron chi connectivity index (χ3n) is 5.09. The number of nitrogens with zero attached hydrogens (tertiary/aromatic N) is 1. The van der Waals surface area contributed by atoms with E-state index >= 15 is 4.39 Å². The Balaban J connectivity index is 1.64. The van der Waals surface area contributed by atoms with Gasteiger partial charge in [0.05, 0.1) is 22.9 Å². The molecule has 4 rings (SSSR count). The summed E-state index contributed by atoms with van der Waals surface area (Å²) in [6, 6.07) is 3.39. The Morgan fingerprint density at radius 3 is 2.91 bits per heavy atom. The van der Waals surface area contributed by atoms with Crippen molar-refractivity contribution in [2.24, 2.45) is 0 Å². The molecule has 3 heterocycles. The third-order valence-corrected chi connectivity index (χ3v) is 6.26. The van der Waals surface area contributed by atoms with E-state index in [0.717, 1.165) is 11.8 Å². The van der Waals surface area contributed by atoms with E-state index in [4.69, 9.17) is 22.4 Å². The van der Waals surface area contributed by atoms with Gasteiger partial charge in [0, 0.05) is 11.8 Å². The number of carbonyl (C=O) groups is 1. The lowest BCUT2D eigenvalue weighted by Gasteiger charge is -2.34. The quantitative estimate of drug-likeness (QED) is 0.439. The van der Waals surface area contributed by atoms with Crippen LogP contribution in [0.15, 0.2) is 36.3 Å². The number of halogens is 1. The smallest absolute Gasteiger partial charge is 0.403 e. The lowest BCUT2D eigenvalue weighted by molar-refractivity contribution is -0.208. The summed E-state index contributed by atoms with van der Waals surface area (Å²) in [6.45, 7) is 1.96. The van der Waals surface area contributed by atoms with Gasteiger partial charge in [-0.05, 0) is 19.4 Å². The summed E-state index contributed by atoms with van der Waals surface area (Å²) in [4.78, 5) is 12.5. The van der Waals surface area contributed by atoms with Crippen LogP contribution in [-0.4, -0.2) is 63.6 Å². The Bertz CT molecular complexity index is 1220. The van der Waals surface area contributed by atoms with Crippen molar-refractivity contribution >= 4 is 13.7 Å². The first kappa shape index (κ1) is 20.1. The number of phosphoric ester groups is 1. The fraction of sp³-hybridized carbons (Fsp3) is 0.450. The van der Waals surface area contributed by atoms with E-state index in [-0.39, 0.29) is 17.9 Å². The SMILES string of the molecule is [2H]C([2H])(OP1(=O)OCc2cc(C)cc(C)c2O1)[C@@]1(F)O[C@@]([2H])(N2C=C(CO)C(=O)NC2=C)[C@H](O)[C@@H]1O. The first-order chi connectivity index (χ1) is 16.6. The standard InChI is InChI=1S/C20H24FN2O9P/c1-10-4-11(2)16-13(5-10)8-29-33(28,32-16)30-9-20(21)17(26)15(25)19(31-20)23-6-14(7-24)18(27)22-12(23)3/h4-6,15,17,19,24-26H,3,7-9H2,1-2H3,(H,22,27)/t15-,17+,19-,20-,33?/m1/s1/i9D2,19D. The van der Waals surface area contributed by atoms with E-state index in [0.29, 0.717) is 16.0 Å². The molecule has 0 aliphatic carbocycles. The number of hydrogen-bond acceptors (Lipinski definition) is 10. The second-order valence-corrected chi connectivity index (χ2v) is 9.15. The second-order valence-electron chi connectivity index (χ2n) is 7.63. The number of aryl methyl sites for hydroxylation is 2. The van der Waals surface area contributed by atoms with Crippen molar-refractivity contribution in [3.8, 4) is 5.75 Å². The van der Waals surface area contributed by atoms with Crippen molar-refractivity contribution in [3.05, 3.63) is 53.0 Å². The van der Waals surface area contributed by atoms with Crippen LogP contribution in [0.5, 0.6) is 5.75 Å². The summed E-state index contributed by atoms with van der Waals surface area (Å²) in [5.74, 6) is -5.12. The maximum atomic E-state index is 16.0. The number of nitrogens with one attached hydrogen (secondary N) is 1. The van der Waals surface area contributed by atoms with Crippen LogP contribution in [0.2, 0.25) is 0 Å². The van der Waals surface area contributed by atoms with Crippen molar-refractivity contribution in [2.45, 2.75) is 44.7 Å². The second kappa shape index (κ2) is 8.48. The van der Waals surface area contributed by atoms with E-state index in [1.165, 1.54) is 0 Å². The van der Waals surface area contributed by atoms with Crippen LogP contribution >= 0.6 is 7.82 Å². The number of carbonyl (C=O) groups excluding carboxylic acids is 1. The van der Waals surface area contributed by atoms with Crippen molar-refractivity contribution in [2.75, 3.05) is 13.2 Å².